The van der Waals surface area contributed by atoms with E-state index in [1.807, 2.05) is 24.3 Å². The summed E-state index contributed by atoms with van der Waals surface area (Å²) in [5.74, 6) is -0.872. The van der Waals surface area contributed by atoms with Crippen molar-refractivity contribution in [2.45, 2.75) is 37.1 Å². The van der Waals surface area contributed by atoms with Crippen LogP contribution in [-0.2, 0) is 14.3 Å². The van der Waals surface area contributed by atoms with E-state index in [1.54, 1.807) is 0 Å². The Morgan fingerprint density at radius 3 is 2.21 bits per heavy atom. The molecule has 6 nitrogen and oxygen atoms in total. The Hall–Kier alpha value is -2.86. The van der Waals surface area contributed by atoms with Gasteiger partial charge in [0, 0.05) is 31.1 Å². The number of amides is 1. The van der Waals surface area contributed by atoms with Gasteiger partial charge in [-0.3, -0.25) is 4.79 Å². The van der Waals surface area contributed by atoms with Gasteiger partial charge in [-0.05, 0) is 41.5 Å². The van der Waals surface area contributed by atoms with Crippen LogP contribution in [0, 0.1) is 0 Å². The van der Waals surface area contributed by atoms with E-state index in [2.05, 4.69) is 29.6 Å². The van der Waals surface area contributed by atoms with Crippen molar-refractivity contribution in [2.75, 3.05) is 19.8 Å². The maximum Gasteiger partial charge on any atom is 0.407 e. The van der Waals surface area contributed by atoms with Crippen LogP contribution < -0.4 is 5.32 Å². The Bertz CT molecular complexity index is 858. The molecule has 1 amide bonds. The van der Waals surface area contributed by atoms with Crippen LogP contribution in [0.25, 0.3) is 11.1 Å². The monoisotopic (exact) mass is 395 g/mol. The zero-order chi connectivity index (χ0) is 20.3. The Balaban J connectivity index is 1.44. The fraction of sp³-hybridized carbons (Fsp3) is 0.391. The molecule has 1 saturated heterocycles. The van der Waals surface area contributed by atoms with Crippen molar-refractivity contribution in [3.8, 4) is 11.1 Å². The Labute approximate surface area is 169 Å². The molecule has 152 valence electrons. The summed E-state index contributed by atoms with van der Waals surface area (Å²) < 4.78 is 11.0. The van der Waals surface area contributed by atoms with Crippen molar-refractivity contribution in [3.63, 3.8) is 0 Å². The first-order chi connectivity index (χ1) is 14.1. The lowest BCUT2D eigenvalue weighted by molar-refractivity contribution is -0.137. The average molecular weight is 395 g/mol. The highest BCUT2D eigenvalue weighted by Crippen LogP contribution is 2.44. The summed E-state index contributed by atoms with van der Waals surface area (Å²) in [6, 6.07) is 16.4. The molecule has 1 fully saturated rings. The maximum absolute atomic E-state index is 12.6. The molecule has 4 rings (SSSR count). The fourth-order valence-electron chi connectivity index (χ4n) is 4.40. The normalized spacial score (nSPS) is 17.2. The third-order valence-electron chi connectivity index (χ3n) is 5.98. The second-order valence-electron chi connectivity index (χ2n) is 7.74. The molecule has 2 aromatic rings. The van der Waals surface area contributed by atoms with E-state index >= 15 is 0 Å². The number of carbonyl (C=O) groups excluding carboxylic acids is 1. The SMILES string of the molecule is O=C(O)CCC1(NC(=O)OCC2c3ccccc3-c3ccccc32)CCOCC1. The molecule has 0 unspecified atom stereocenters. The van der Waals surface area contributed by atoms with Crippen LogP contribution in [0.3, 0.4) is 0 Å². The molecule has 0 atom stereocenters. The largest absolute Gasteiger partial charge is 0.481 e. The number of fused-ring (bicyclic) bond motifs is 3. The molecule has 0 saturated carbocycles. The highest BCUT2D eigenvalue weighted by molar-refractivity contribution is 5.79. The molecular formula is C23H25NO5. The number of alkyl carbamates (subject to hydrolysis) is 1. The number of rotatable bonds is 6. The molecule has 0 spiro atoms. The number of nitrogens with one attached hydrogen (secondary N) is 1. The number of hydrogen-bond acceptors (Lipinski definition) is 4. The molecule has 2 aromatic carbocycles. The molecule has 6 heteroatoms. The van der Waals surface area contributed by atoms with E-state index < -0.39 is 17.6 Å². The summed E-state index contributed by atoms with van der Waals surface area (Å²) in [5, 5.41) is 12.0. The minimum Gasteiger partial charge on any atom is -0.481 e. The number of aliphatic carboxylic acids is 1. The van der Waals surface area contributed by atoms with Crippen molar-refractivity contribution in [3.05, 3.63) is 59.7 Å². The highest BCUT2D eigenvalue weighted by atomic mass is 16.5. The summed E-state index contributed by atoms with van der Waals surface area (Å²) in [7, 11) is 0. The number of carbonyl (C=O) groups is 2. The number of ether oxygens (including phenoxy) is 2. The second kappa shape index (κ2) is 8.25. The molecule has 0 aromatic heterocycles. The van der Waals surface area contributed by atoms with Gasteiger partial charge in [0.1, 0.15) is 6.61 Å². The van der Waals surface area contributed by atoms with Gasteiger partial charge in [0.15, 0.2) is 0 Å². The van der Waals surface area contributed by atoms with E-state index in [-0.39, 0.29) is 18.9 Å². The number of carboxylic acid groups (broad SMARTS) is 1. The predicted octanol–water partition coefficient (Wildman–Crippen LogP) is 3.94. The Morgan fingerprint density at radius 1 is 1.03 bits per heavy atom. The molecular weight excluding hydrogens is 370 g/mol. The summed E-state index contributed by atoms with van der Waals surface area (Å²) in [4.78, 5) is 23.6. The van der Waals surface area contributed by atoms with Gasteiger partial charge in [-0.2, -0.15) is 0 Å². The summed E-state index contributed by atoms with van der Waals surface area (Å²) in [6.45, 7) is 1.25. The minimum atomic E-state index is -0.870. The maximum atomic E-state index is 12.6. The van der Waals surface area contributed by atoms with Gasteiger partial charge in [-0.1, -0.05) is 48.5 Å². The van der Waals surface area contributed by atoms with E-state index in [0.29, 0.717) is 32.5 Å². The smallest absolute Gasteiger partial charge is 0.407 e. The Morgan fingerprint density at radius 2 is 1.62 bits per heavy atom. The van der Waals surface area contributed by atoms with Crippen molar-refractivity contribution >= 4 is 12.1 Å². The van der Waals surface area contributed by atoms with Gasteiger partial charge < -0.3 is 19.9 Å². The first kappa shape index (κ1) is 19.5. The van der Waals surface area contributed by atoms with Crippen LogP contribution in [0.4, 0.5) is 4.79 Å². The lowest BCUT2D eigenvalue weighted by Crippen LogP contribution is -2.52. The van der Waals surface area contributed by atoms with Crippen LogP contribution >= 0.6 is 0 Å². The molecule has 29 heavy (non-hydrogen) atoms. The minimum absolute atomic E-state index is 0.00203. The lowest BCUT2D eigenvalue weighted by Gasteiger charge is -2.37. The topological polar surface area (TPSA) is 84.9 Å². The lowest BCUT2D eigenvalue weighted by atomic mass is 9.85. The van der Waals surface area contributed by atoms with Crippen molar-refractivity contribution in [2.24, 2.45) is 0 Å². The Kier molecular flexibility index (Phi) is 5.53. The van der Waals surface area contributed by atoms with Crippen LogP contribution in [-0.4, -0.2) is 42.5 Å². The van der Waals surface area contributed by atoms with Gasteiger partial charge >= 0.3 is 12.1 Å². The van der Waals surface area contributed by atoms with Crippen LogP contribution in [0.1, 0.15) is 42.7 Å². The number of benzene rings is 2. The number of hydrogen-bond donors (Lipinski definition) is 2. The van der Waals surface area contributed by atoms with E-state index in [1.165, 1.54) is 11.1 Å². The third-order valence-corrected chi connectivity index (χ3v) is 5.98. The third kappa shape index (κ3) is 4.12. The summed E-state index contributed by atoms with van der Waals surface area (Å²) in [5.41, 5.74) is 4.10. The standard InChI is InChI=1S/C23H25NO5/c25-21(26)9-10-23(11-13-28-14-12-23)24-22(27)29-15-20-18-7-3-1-5-16(18)17-6-2-4-8-19(17)20/h1-8,20H,9-15H2,(H,24,27)(H,25,26). The molecule has 0 bridgehead atoms. The molecule has 1 aliphatic carbocycles. The van der Waals surface area contributed by atoms with Gasteiger partial charge in [-0.25, -0.2) is 4.79 Å². The van der Waals surface area contributed by atoms with Crippen molar-refractivity contribution < 1.29 is 24.2 Å². The van der Waals surface area contributed by atoms with Crippen LogP contribution in [0.5, 0.6) is 0 Å². The molecule has 0 radical (unpaired) electrons. The highest BCUT2D eigenvalue weighted by Gasteiger charge is 2.36. The number of carboxylic acids is 1. The van der Waals surface area contributed by atoms with E-state index in [9.17, 15) is 9.59 Å². The first-order valence-electron chi connectivity index (χ1n) is 10.0. The zero-order valence-electron chi connectivity index (χ0n) is 16.2. The van der Waals surface area contributed by atoms with Crippen molar-refractivity contribution in [1.82, 2.24) is 5.32 Å². The summed E-state index contributed by atoms with van der Waals surface area (Å²) in [6.07, 6.45) is 1.05. The van der Waals surface area contributed by atoms with Gasteiger partial charge in [0.25, 0.3) is 0 Å². The molecule has 1 aliphatic heterocycles. The van der Waals surface area contributed by atoms with E-state index in [4.69, 9.17) is 14.6 Å². The van der Waals surface area contributed by atoms with E-state index in [0.717, 1.165) is 11.1 Å². The predicted molar refractivity (Wildman–Crippen MR) is 108 cm³/mol. The van der Waals surface area contributed by atoms with Crippen molar-refractivity contribution in [1.29, 1.82) is 0 Å². The van der Waals surface area contributed by atoms with Gasteiger partial charge in [0.05, 0.1) is 0 Å². The quantitative estimate of drug-likeness (QED) is 0.774. The first-order valence-corrected chi connectivity index (χ1v) is 10.0. The fourth-order valence-corrected chi connectivity index (χ4v) is 4.40. The zero-order valence-corrected chi connectivity index (χ0v) is 16.2. The van der Waals surface area contributed by atoms with Crippen LogP contribution in [0.15, 0.2) is 48.5 Å². The summed E-state index contributed by atoms with van der Waals surface area (Å²) >= 11 is 0. The molecule has 2 aliphatic rings. The second-order valence-corrected chi connectivity index (χ2v) is 7.74. The van der Waals surface area contributed by atoms with Gasteiger partial charge in [-0.15, -0.1) is 0 Å². The average Bonchev–Trinajstić information content (AvgIpc) is 3.05. The molecule has 1 heterocycles. The van der Waals surface area contributed by atoms with Crippen LogP contribution in [0.2, 0.25) is 0 Å². The van der Waals surface area contributed by atoms with Gasteiger partial charge in [0.2, 0.25) is 0 Å². The molecule has 2 N–H and O–H groups in total.